The van der Waals surface area contributed by atoms with Gasteiger partial charge in [0, 0.05) is 19.7 Å². The number of fused-ring (bicyclic) bond motifs is 1. The Bertz CT molecular complexity index is 1260. The van der Waals surface area contributed by atoms with Gasteiger partial charge >= 0.3 is 0 Å². The number of rotatable bonds is 11. The molecule has 0 radical (unpaired) electrons. The molecule has 3 rings (SSSR count). The van der Waals surface area contributed by atoms with Crippen LogP contribution >= 0.6 is 11.6 Å². The maximum Gasteiger partial charge on any atom is 0.277 e. The molecule has 0 saturated carbocycles. The van der Waals surface area contributed by atoms with Crippen LogP contribution in [0.4, 0.5) is 11.6 Å². The van der Waals surface area contributed by atoms with E-state index in [0.717, 1.165) is 29.8 Å². The number of aromatic nitrogens is 4. The number of nitrogen functional groups attached to an aromatic ring is 2. The van der Waals surface area contributed by atoms with Crippen molar-refractivity contribution in [3.8, 4) is 5.75 Å². The van der Waals surface area contributed by atoms with Gasteiger partial charge in [-0.1, -0.05) is 11.6 Å². The number of anilines is 2. The minimum absolute atomic E-state index is 0.0462. The summed E-state index contributed by atoms with van der Waals surface area (Å²) in [5.41, 5.74) is 13.0. The summed E-state index contributed by atoms with van der Waals surface area (Å²) < 4.78 is 9.34. The third-order valence-corrected chi connectivity index (χ3v) is 6.15. The van der Waals surface area contributed by atoms with E-state index < -0.39 is 5.91 Å². The van der Waals surface area contributed by atoms with Gasteiger partial charge < -0.3 is 31.7 Å². The summed E-state index contributed by atoms with van der Waals surface area (Å²) in [6.07, 6.45) is 0.840. The van der Waals surface area contributed by atoms with Crippen LogP contribution in [-0.4, -0.2) is 65.5 Å². The second kappa shape index (κ2) is 11.9. The Labute approximate surface area is 214 Å². The molecule has 2 aromatic heterocycles. The molecule has 12 nitrogen and oxygen atoms in total. The third kappa shape index (κ3) is 5.77. The molecule has 2 heterocycles. The highest BCUT2D eigenvalue weighted by Crippen LogP contribution is 2.22. The van der Waals surface area contributed by atoms with Crippen LogP contribution in [0.25, 0.3) is 11.0 Å². The predicted molar refractivity (Wildman–Crippen MR) is 138 cm³/mol. The van der Waals surface area contributed by atoms with Crippen molar-refractivity contribution < 1.29 is 18.9 Å². The number of nitrogens with zero attached hydrogens (tertiary/aromatic N) is 5. The van der Waals surface area contributed by atoms with E-state index >= 15 is 0 Å². The van der Waals surface area contributed by atoms with Crippen LogP contribution < -0.4 is 31.4 Å². The number of ether oxygens (including phenoxy) is 1. The Morgan fingerprint density at radius 3 is 2.67 bits per heavy atom. The number of likely N-dealkylation sites (N-methyl/N-ethyl adjacent to an activating group) is 1. The summed E-state index contributed by atoms with van der Waals surface area (Å²) in [7, 11) is 5.26. The Balaban J connectivity index is 1.96. The van der Waals surface area contributed by atoms with Gasteiger partial charge in [0.05, 0.1) is 13.7 Å². The molecule has 3 aromatic rings. The van der Waals surface area contributed by atoms with Gasteiger partial charge in [0.25, 0.3) is 17.6 Å². The van der Waals surface area contributed by atoms with Crippen molar-refractivity contribution in [1.29, 1.82) is 0 Å². The third-order valence-electron chi connectivity index (χ3n) is 5.87. The van der Waals surface area contributed by atoms with Crippen LogP contribution in [0.3, 0.4) is 0 Å². The van der Waals surface area contributed by atoms with Crippen molar-refractivity contribution in [3.05, 3.63) is 34.9 Å². The number of carbonyl (C=O) groups excluding carboxylic acids is 2. The minimum Gasteiger partial charge on any atom is -0.497 e. The highest BCUT2D eigenvalue weighted by Gasteiger charge is 2.28. The van der Waals surface area contributed by atoms with Crippen LogP contribution in [0, 0.1) is 0 Å². The molecule has 0 spiro atoms. The van der Waals surface area contributed by atoms with E-state index in [1.54, 1.807) is 19.1 Å². The first-order valence-corrected chi connectivity index (χ1v) is 11.9. The van der Waals surface area contributed by atoms with Crippen molar-refractivity contribution in [3.63, 3.8) is 0 Å². The Hall–Kier alpha value is -3.64. The van der Waals surface area contributed by atoms with Crippen LogP contribution in [0.2, 0.25) is 5.15 Å². The predicted octanol–water partition coefficient (Wildman–Crippen LogP) is 0.563. The maximum atomic E-state index is 13.1. The van der Waals surface area contributed by atoms with E-state index in [1.807, 2.05) is 41.3 Å². The highest BCUT2D eigenvalue weighted by molar-refractivity contribution is 6.31. The lowest BCUT2D eigenvalue weighted by Gasteiger charge is -2.16. The van der Waals surface area contributed by atoms with E-state index in [2.05, 4.69) is 20.6 Å². The number of amides is 2. The Kier molecular flexibility index (Phi) is 8.88. The van der Waals surface area contributed by atoms with Crippen LogP contribution in [0.1, 0.15) is 29.7 Å². The molecular weight excluding hydrogens is 486 g/mol. The van der Waals surface area contributed by atoms with Crippen molar-refractivity contribution in [2.45, 2.75) is 33.0 Å². The molecular formula is C23H33ClN9O3+. The van der Waals surface area contributed by atoms with Crippen molar-refractivity contribution >= 4 is 46.1 Å². The van der Waals surface area contributed by atoms with E-state index in [1.165, 1.54) is 0 Å². The summed E-state index contributed by atoms with van der Waals surface area (Å²) >= 11 is 5.93. The summed E-state index contributed by atoms with van der Waals surface area (Å²) in [4.78, 5) is 35.5. The Morgan fingerprint density at radius 2 is 2.00 bits per heavy atom. The zero-order valence-corrected chi connectivity index (χ0v) is 21.7. The average Bonchev–Trinajstić information content (AvgIpc) is 3.15. The highest BCUT2D eigenvalue weighted by atomic mass is 35.5. The van der Waals surface area contributed by atoms with E-state index in [4.69, 9.17) is 27.8 Å². The van der Waals surface area contributed by atoms with Crippen molar-refractivity contribution in [2.24, 2.45) is 0 Å². The van der Waals surface area contributed by atoms with E-state index in [0.29, 0.717) is 18.8 Å². The van der Waals surface area contributed by atoms with E-state index in [-0.39, 0.29) is 41.5 Å². The smallest absolute Gasteiger partial charge is 0.277 e. The monoisotopic (exact) mass is 518 g/mol. The summed E-state index contributed by atoms with van der Waals surface area (Å²) in [6, 6.07) is 5.66. The Morgan fingerprint density at radius 1 is 1.25 bits per heavy atom. The molecule has 0 bridgehead atoms. The zero-order valence-electron chi connectivity index (χ0n) is 21.0. The second-order valence-electron chi connectivity index (χ2n) is 8.19. The average molecular weight is 519 g/mol. The molecule has 0 unspecified atom stereocenters. The molecule has 0 atom stereocenters. The molecule has 1 aromatic carbocycles. The normalized spacial score (nSPS) is 11.0. The molecule has 0 aliphatic rings. The van der Waals surface area contributed by atoms with Gasteiger partial charge in [-0.15, -0.1) is 0 Å². The molecule has 194 valence electrons. The molecule has 13 heteroatoms. The minimum atomic E-state index is -0.561. The fourth-order valence-electron chi connectivity index (χ4n) is 3.94. The number of hydrogen-bond acceptors (Lipinski definition) is 8. The molecule has 2 amide bonds. The van der Waals surface area contributed by atoms with Gasteiger partial charge in [0.1, 0.15) is 12.3 Å². The van der Waals surface area contributed by atoms with Crippen LogP contribution in [0.15, 0.2) is 18.2 Å². The van der Waals surface area contributed by atoms with Crippen LogP contribution in [0.5, 0.6) is 5.75 Å². The lowest BCUT2D eigenvalue weighted by atomic mass is 10.3. The van der Waals surface area contributed by atoms with Gasteiger partial charge in [-0.25, -0.2) is 19.1 Å². The summed E-state index contributed by atoms with van der Waals surface area (Å²) in [5, 5.41) is 5.81. The number of benzene rings is 1. The quantitative estimate of drug-likeness (QED) is 0.212. The summed E-state index contributed by atoms with van der Waals surface area (Å²) in [5.74, 6) is 0.624. The van der Waals surface area contributed by atoms with E-state index in [9.17, 15) is 9.59 Å². The second-order valence-corrected chi connectivity index (χ2v) is 8.55. The molecule has 0 aliphatic heterocycles. The van der Waals surface area contributed by atoms with Crippen molar-refractivity contribution in [2.75, 3.05) is 45.8 Å². The van der Waals surface area contributed by atoms with Gasteiger partial charge in [-0.2, -0.15) is 0 Å². The molecule has 0 fully saturated rings. The standard InChI is InChI=1S/C23H32ClN9O3/c1-5-32-16-11-14(36-4)7-8-15(16)33(13-18(34)31(3)10-6-9-27-2)17(32)12-28-23(35)19-21(25)30-22(26)20(24)29-19/h7-8,11,27H,5-6,9-10,12-13H2,1-4H3,(H4-,25,26,28,30,35)/p+1. The number of aryl methyl sites for hydroxylation is 1. The maximum absolute atomic E-state index is 13.1. The fourth-order valence-corrected chi connectivity index (χ4v) is 4.07. The fraction of sp³-hybridized carbons (Fsp3) is 0.435. The van der Waals surface area contributed by atoms with Crippen molar-refractivity contribution in [1.82, 2.24) is 30.1 Å². The first-order valence-electron chi connectivity index (χ1n) is 11.6. The topological polar surface area (TPSA) is 157 Å². The number of halogens is 1. The molecule has 36 heavy (non-hydrogen) atoms. The summed E-state index contributed by atoms with van der Waals surface area (Å²) in [6.45, 7) is 4.24. The first-order chi connectivity index (χ1) is 17.2. The first kappa shape index (κ1) is 27.0. The van der Waals surface area contributed by atoms with Gasteiger partial charge in [-0.3, -0.25) is 9.59 Å². The molecule has 6 N–H and O–H groups in total. The van der Waals surface area contributed by atoms with Gasteiger partial charge in [-0.05, 0) is 39.1 Å². The number of carbonyl (C=O) groups is 2. The largest absolute Gasteiger partial charge is 0.497 e. The molecule has 0 saturated heterocycles. The number of hydrogen-bond donors (Lipinski definition) is 4. The zero-order chi connectivity index (χ0) is 26.4. The molecule has 0 aliphatic carbocycles. The lowest BCUT2D eigenvalue weighted by molar-refractivity contribution is -0.668. The number of nitrogens with two attached hydrogens (primary N) is 2. The SMILES string of the molecule is CCn1c(CNC(=O)c2nc(Cl)c(N)nc2N)[n+](CC(=O)N(C)CCCNC)c2ccc(OC)cc21. The number of nitrogens with one attached hydrogen (secondary N) is 2. The van der Waals surface area contributed by atoms with Gasteiger partial charge in [0.2, 0.25) is 0 Å². The van der Waals surface area contributed by atoms with Gasteiger partial charge in [0.15, 0.2) is 40.1 Å². The lowest BCUT2D eigenvalue weighted by Crippen LogP contribution is -2.47. The van der Waals surface area contributed by atoms with Crippen LogP contribution in [-0.2, 0) is 24.4 Å². The number of methoxy groups -OCH3 is 1. The number of imidazole rings is 1.